The standard InChI is InChI=1S/C15H18N2O2/c1-17(2)10-13-6-4-3-5-12(13)9-16-15(18)14-7-8-19-11-14/h3-8,11H,9-10H2,1-2H3,(H,16,18). The third-order valence-corrected chi connectivity index (χ3v) is 2.83. The van der Waals surface area contributed by atoms with Crippen LogP contribution in [0.3, 0.4) is 0 Å². The molecule has 1 heterocycles. The predicted molar refractivity (Wildman–Crippen MR) is 73.7 cm³/mol. The normalized spacial score (nSPS) is 10.7. The molecule has 100 valence electrons. The van der Waals surface area contributed by atoms with Crippen LogP contribution in [0.5, 0.6) is 0 Å². The first-order chi connectivity index (χ1) is 9.16. The van der Waals surface area contributed by atoms with E-state index in [2.05, 4.69) is 16.3 Å². The number of rotatable bonds is 5. The average Bonchev–Trinajstić information content (AvgIpc) is 2.90. The highest BCUT2D eigenvalue weighted by Gasteiger charge is 2.08. The number of hydrogen-bond donors (Lipinski definition) is 1. The predicted octanol–water partition coefficient (Wildman–Crippen LogP) is 2.27. The first kappa shape index (κ1) is 13.4. The molecule has 0 fully saturated rings. The Bertz CT molecular complexity index is 533. The molecule has 1 amide bonds. The van der Waals surface area contributed by atoms with E-state index < -0.39 is 0 Å². The van der Waals surface area contributed by atoms with Crippen LogP contribution in [0.1, 0.15) is 21.5 Å². The van der Waals surface area contributed by atoms with E-state index in [0.717, 1.165) is 12.1 Å². The summed E-state index contributed by atoms with van der Waals surface area (Å²) in [5, 5.41) is 2.90. The fourth-order valence-corrected chi connectivity index (χ4v) is 1.90. The van der Waals surface area contributed by atoms with E-state index >= 15 is 0 Å². The summed E-state index contributed by atoms with van der Waals surface area (Å²) in [5.41, 5.74) is 2.90. The molecule has 1 aromatic heterocycles. The Labute approximate surface area is 113 Å². The number of hydrogen-bond acceptors (Lipinski definition) is 3. The molecular formula is C15H18N2O2. The number of nitrogens with one attached hydrogen (secondary N) is 1. The highest BCUT2D eigenvalue weighted by atomic mass is 16.3. The van der Waals surface area contributed by atoms with Gasteiger partial charge in [-0.2, -0.15) is 0 Å². The van der Waals surface area contributed by atoms with Gasteiger partial charge in [-0.3, -0.25) is 4.79 Å². The quantitative estimate of drug-likeness (QED) is 0.895. The first-order valence-electron chi connectivity index (χ1n) is 6.18. The van der Waals surface area contributed by atoms with Crippen molar-refractivity contribution in [3.8, 4) is 0 Å². The van der Waals surface area contributed by atoms with Gasteiger partial charge in [-0.25, -0.2) is 0 Å². The Kier molecular flexibility index (Phi) is 4.36. The smallest absolute Gasteiger partial charge is 0.254 e. The molecule has 2 rings (SSSR count). The summed E-state index contributed by atoms with van der Waals surface area (Å²) < 4.78 is 4.90. The van der Waals surface area contributed by atoms with Crippen molar-refractivity contribution in [3.05, 3.63) is 59.5 Å². The van der Waals surface area contributed by atoms with Gasteiger partial charge in [0, 0.05) is 13.1 Å². The number of benzene rings is 1. The molecule has 0 saturated heterocycles. The Morgan fingerprint density at radius 3 is 2.58 bits per heavy atom. The molecule has 1 aromatic carbocycles. The third kappa shape index (κ3) is 3.69. The number of amides is 1. The number of furan rings is 1. The fourth-order valence-electron chi connectivity index (χ4n) is 1.90. The van der Waals surface area contributed by atoms with Crippen LogP contribution in [-0.2, 0) is 13.1 Å². The van der Waals surface area contributed by atoms with Gasteiger partial charge in [-0.15, -0.1) is 0 Å². The van der Waals surface area contributed by atoms with E-state index in [1.165, 1.54) is 18.1 Å². The zero-order chi connectivity index (χ0) is 13.7. The molecule has 0 bridgehead atoms. The third-order valence-electron chi connectivity index (χ3n) is 2.83. The summed E-state index contributed by atoms with van der Waals surface area (Å²) in [4.78, 5) is 13.9. The summed E-state index contributed by atoms with van der Waals surface area (Å²) in [7, 11) is 4.06. The zero-order valence-corrected chi connectivity index (χ0v) is 11.2. The lowest BCUT2D eigenvalue weighted by Gasteiger charge is -2.14. The molecule has 0 unspecified atom stereocenters. The van der Waals surface area contributed by atoms with Crippen LogP contribution < -0.4 is 5.32 Å². The minimum atomic E-state index is -0.117. The summed E-state index contributed by atoms with van der Waals surface area (Å²) in [6, 6.07) is 9.77. The summed E-state index contributed by atoms with van der Waals surface area (Å²) in [5.74, 6) is -0.117. The summed E-state index contributed by atoms with van der Waals surface area (Å²) >= 11 is 0. The molecule has 0 aliphatic carbocycles. The molecule has 0 spiro atoms. The molecule has 0 atom stereocenters. The molecule has 0 aliphatic heterocycles. The van der Waals surface area contributed by atoms with E-state index in [1.807, 2.05) is 32.3 Å². The maximum Gasteiger partial charge on any atom is 0.254 e. The van der Waals surface area contributed by atoms with Crippen LogP contribution in [0.2, 0.25) is 0 Å². The lowest BCUT2D eigenvalue weighted by atomic mass is 10.1. The highest BCUT2D eigenvalue weighted by molar-refractivity contribution is 5.93. The van der Waals surface area contributed by atoms with Crippen LogP contribution in [0.15, 0.2) is 47.3 Å². The van der Waals surface area contributed by atoms with Gasteiger partial charge in [0.25, 0.3) is 5.91 Å². The fraction of sp³-hybridized carbons (Fsp3) is 0.267. The highest BCUT2D eigenvalue weighted by Crippen LogP contribution is 2.10. The second-order valence-electron chi connectivity index (χ2n) is 4.70. The molecular weight excluding hydrogens is 240 g/mol. The maximum absolute atomic E-state index is 11.8. The van der Waals surface area contributed by atoms with Crippen molar-refractivity contribution in [3.63, 3.8) is 0 Å². The minimum Gasteiger partial charge on any atom is -0.472 e. The summed E-state index contributed by atoms with van der Waals surface area (Å²) in [6.45, 7) is 1.38. The Morgan fingerprint density at radius 1 is 1.21 bits per heavy atom. The zero-order valence-electron chi connectivity index (χ0n) is 11.2. The van der Waals surface area contributed by atoms with E-state index in [0.29, 0.717) is 12.1 Å². The van der Waals surface area contributed by atoms with Crippen LogP contribution >= 0.6 is 0 Å². The van der Waals surface area contributed by atoms with Gasteiger partial charge in [0.1, 0.15) is 6.26 Å². The monoisotopic (exact) mass is 258 g/mol. The molecule has 1 N–H and O–H groups in total. The van der Waals surface area contributed by atoms with Crippen LogP contribution in [0, 0.1) is 0 Å². The van der Waals surface area contributed by atoms with Gasteiger partial charge in [0.15, 0.2) is 0 Å². The largest absolute Gasteiger partial charge is 0.472 e. The average molecular weight is 258 g/mol. The number of carbonyl (C=O) groups is 1. The maximum atomic E-state index is 11.8. The molecule has 4 nitrogen and oxygen atoms in total. The van der Waals surface area contributed by atoms with Gasteiger partial charge in [0.2, 0.25) is 0 Å². The topological polar surface area (TPSA) is 45.5 Å². The second kappa shape index (κ2) is 6.20. The van der Waals surface area contributed by atoms with Gasteiger partial charge < -0.3 is 14.6 Å². The van der Waals surface area contributed by atoms with Crippen molar-refractivity contribution in [1.29, 1.82) is 0 Å². The molecule has 19 heavy (non-hydrogen) atoms. The van der Waals surface area contributed by atoms with Crippen molar-refractivity contribution in [2.45, 2.75) is 13.1 Å². The van der Waals surface area contributed by atoms with Crippen LogP contribution in [0.4, 0.5) is 0 Å². The van der Waals surface area contributed by atoms with Gasteiger partial charge in [-0.05, 0) is 31.3 Å². The van der Waals surface area contributed by atoms with Gasteiger partial charge in [-0.1, -0.05) is 24.3 Å². The Balaban J connectivity index is 2.01. The Hall–Kier alpha value is -2.07. The van der Waals surface area contributed by atoms with E-state index in [4.69, 9.17) is 4.42 Å². The van der Waals surface area contributed by atoms with Crippen molar-refractivity contribution in [2.75, 3.05) is 14.1 Å². The van der Waals surface area contributed by atoms with Crippen molar-refractivity contribution in [2.24, 2.45) is 0 Å². The molecule has 2 aromatic rings. The Morgan fingerprint density at radius 2 is 1.95 bits per heavy atom. The second-order valence-corrected chi connectivity index (χ2v) is 4.70. The molecule has 0 saturated carbocycles. The van der Waals surface area contributed by atoms with Crippen LogP contribution in [0.25, 0.3) is 0 Å². The first-order valence-corrected chi connectivity index (χ1v) is 6.18. The van der Waals surface area contributed by atoms with Crippen molar-refractivity contribution >= 4 is 5.91 Å². The van der Waals surface area contributed by atoms with Gasteiger partial charge in [0.05, 0.1) is 11.8 Å². The number of nitrogens with zero attached hydrogens (tertiary/aromatic N) is 1. The molecule has 4 heteroatoms. The minimum absolute atomic E-state index is 0.117. The van der Waals surface area contributed by atoms with Gasteiger partial charge >= 0.3 is 0 Å². The summed E-state index contributed by atoms with van der Waals surface area (Å²) in [6.07, 6.45) is 2.94. The SMILES string of the molecule is CN(C)Cc1ccccc1CNC(=O)c1ccoc1. The lowest BCUT2D eigenvalue weighted by Crippen LogP contribution is -2.23. The molecule has 0 aliphatic rings. The van der Waals surface area contributed by atoms with Crippen LogP contribution in [-0.4, -0.2) is 24.9 Å². The molecule has 0 radical (unpaired) electrons. The van der Waals surface area contributed by atoms with Crippen molar-refractivity contribution in [1.82, 2.24) is 10.2 Å². The lowest BCUT2D eigenvalue weighted by molar-refractivity contribution is 0.0950. The van der Waals surface area contributed by atoms with E-state index in [-0.39, 0.29) is 5.91 Å². The van der Waals surface area contributed by atoms with E-state index in [1.54, 1.807) is 6.07 Å². The number of carbonyl (C=O) groups excluding carboxylic acids is 1. The van der Waals surface area contributed by atoms with E-state index in [9.17, 15) is 4.79 Å². The van der Waals surface area contributed by atoms with Crippen molar-refractivity contribution < 1.29 is 9.21 Å².